The Bertz CT molecular complexity index is 192. The monoisotopic (exact) mass is 187 g/mol. The molecule has 0 saturated carbocycles. The van der Waals surface area contributed by atoms with E-state index in [1.807, 2.05) is 13.8 Å². The Morgan fingerprint density at radius 3 is 2.15 bits per heavy atom. The predicted molar refractivity (Wildman–Crippen MR) is 49.6 cm³/mol. The van der Waals surface area contributed by atoms with E-state index in [1.54, 1.807) is 0 Å². The van der Waals surface area contributed by atoms with Crippen LogP contribution in [0.1, 0.15) is 20.3 Å². The lowest BCUT2D eigenvalue weighted by Crippen LogP contribution is -2.45. The number of nitrogens with two attached hydrogens (primary N) is 2. The third-order valence-electron chi connectivity index (χ3n) is 1.71. The van der Waals surface area contributed by atoms with Gasteiger partial charge < -0.3 is 16.8 Å². The van der Waals surface area contributed by atoms with Crippen LogP contribution in [0.2, 0.25) is 0 Å². The molecule has 5 N–H and O–H groups in total. The molecule has 0 aliphatic heterocycles. The Morgan fingerprint density at radius 1 is 1.31 bits per heavy atom. The molecule has 1 atom stereocenters. The van der Waals surface area contributed by atoms with Gasteiger partial charge in [0.1, 0.15) is 0 Å². The van der Waals surface area contributed by atoms with Gasteiger partial charge in [0.15, 0.2) is 0 Å². The van der Waals surface area contributed by atoms with Crippen LogP contribution in [0.3, 0.4) is 0 Å². The predicted octanol–water partition coefficient (Wildman–Crippen LogP) is -1.04. The van der Waals surface area contributed by atoms with E-state index in [-0.39, 0.29) is 24.3 Å². The summed E-state index contributed by atoms with van der Waals surface area (Å²) in [6.45, 7) is 4.15. The molecule has 0 aliphatic rings. The van der Waals surface area contributed by atoms with Crippen LogP contribution in [0.25, 0.3) is 0 Å². The molecular formula is C8H17N3O2. The van der Waals surface area contributed by atoms with Crippen LogP contribution in [-0.2, 0) is 9.59 Å². The van der Waals surface area contributed by atoms with Crippen LogP contribution in [0.5, 0.6) is 0 Å². The second kappa shape index (κ2) is 5.53. The molecular weight excluding hydrogens is 170 g/mol. The van der Waals surface area contributed by atoms with Crippen molar-refractivity contribution in [1.29, 1.82) is 0 Å². The zero-order valence-corrected chi connectivity index (χ0v) is 8.04. The Hall–Kier alpha value is -1.10. The van der Waals surface area contributed by atoms with E-state index in [4.69, 9.17) is 11.5 Å². The molecule has 0 rings (SSSR count). The number of carbonyl (C=O) groups excluding carboxylic acids is 2. The first-order valence-corrected chi connectivity index (χ1v) is 4.26. The second-order valence-corrected chi connectivity index (χ2v) is 3.29. The van der Waals surface area contributed by atoms with Gasteiger partial charge in [0.25, 0.3) is 0 Å². The van der Waals surface area contributed by atoms with E-state index < -0.39 is 5.91 Å². The van der Waals surface area contributed by atoms with Crippen LogP contribution in [0, 0.1) is 5.92 Å². The van der Waals surface area contributed by atoms with Crippen LogP contribution >= 0.6 is 0 Å². The van der Waals surface area contributed by atoms with Crippen molar-refractivity contribution < 1.29 is 9.59 Å². The molecule has 5 heteroatoms. The fourth-order valence-corrected chi connectivity index (χ4v) is 1.02. The quantitative estimate of drug-likeness (QED) is 0.495. The minimum absolute atomic E-state index is 0.116. The van der Waals surface area contributed by atoms with Gasteiger partial charge in [-0.25, -0.2) is 0 Å². The molecule has 0 spiro atoms. The van der Waals surface area contributed by atoms with Gasteiger partial charge in [0, 0.05) is 13.0 Å². The number of amides is 2. The number of primary amides is 2. The molecule has 0 fully saturated rings. The maximum atomic E-state index is 10.9. The van der Waals surface area contributed by atoms with Gasteiger partial charge in [0.05, 0.1) is 6.04 Å². The third kappa shape index (κ3) is 5.19. The lowest BCUT2D eigenvalue weighted by Gasteiger charge is -2.18. The summed E-state index contributed by atoms with van der Waals surface area (Å²) < 4.78 is 0. The summed E-state index contributed by atoms with van der Waals surface area (Å²) in [5, 5.41) is 2.87. The normalized spacial score (nSPS) is 12.8. The first-order chi connectivity index (χ1) is 5.95. The summed E-state index contributed by atoms with van der Waals surface area (Å²) in [6.07, 6.45) is 0.219. The molecule has 0 aliphatic carbocycles. The fraction of sp³-hybridized carbons (Fsp3) is 0.750. The highest BCUT2D eigenvalue weighted by Gasteiger charge is 2.18. The average molecular weight is 187 g/mol. The maximum Gasteiger partial charge on any atom is 0.234 e. The van der Waals surface area contributed by atoms with E-state index in [0.29, 0.717) is 6.54 Å². The van der Waals surface area contributed by atoms with Gasteiger partial charge in [-0.2, -0.15) is 0 Å². The van der Waals surface area contributed by atoms with Crippen LogP contribution in [-0.4, -0.2) is 24.4 Å². The van der Waals surface area contributed by atoms with Crippen LogP contribution in [0.15, 0.2) is 0 Å². The van der Waals surface area contributed by atoms with Crippen molar-refractivity contribution in [2.45, 2.75) is 26.3 Å². The van der Waals surface area contributed by atoms with Crippen molar-refractivity contribution in [1.82, 2.24) is 5.32 Å². The van der Waals surface area contributed by atoms with E-state index in [2.05, 4.69) is 5.32 Å². The Labute approximate surface area is 77.8 Å². The second-order valence-electron chi connectivity index (χ2n) is 3.29. The van der Waals surface area contributed by atoms with Crippen LogP contribution in [0.4, 0.5) is 0 Å². The van der Waals surface area contributed by atoms with E-state index >= 15 is 0 Å². The fourth-order valence-electron chi connectivity index (χ4n) is 1.02. The SMILES string of the molecule is CC(C)C(NCCC(N)=O)C(N)=O. The first-order valence-electron chi connectivity index (χ1n) is 4.26. The van der Waals surface area contributed by atoms with Crippen molar-refractivity contribution in [3.05, 3.63) is 0 Å². The maximum absolute atomic E-state index is 10.9. The summed E-state index contributed by atoms with van der Waals surface area (Å²) in [5.41, 5.74) is 10.1. The molecule has 0 heterocycles. The van der Waals surface area contributed by atoms with Crippen molar-refractivity contribution in [3.8, 4) is 0 Å². The number of rotatable bonds is 6. The molecule has 0 aromatic heterocycles. The van der Waals surface area contributed by atoms with Crippen molar-refractivity contribution in [3.63, 3.8) is 0 Å². The molecule has 76 valence electrons. The van der Waals surface area contributed by atoms with E-state index in [0.717, 1.165) is 0 Å². The minimum atomic E-state index is -0.403. The van der Waals surface area contributed by atoms with Gasteiger partial charge in [-0.3, -0.25) is 9.59 Å². The lowest BCUT2D eigenvalue weighted by molar-refractivity contribution is -0.122. The topological polar surface area (TPSA) is 98.2 Å². The summed E-state index contributed by atoms with van der Waals surface area (Å²) in [5.74, 6) is -0.677. The molecule has 0 radical (unpaired) electrons. The zero-order valence-electron chi connectivity index (χ0n) is 8.04. The summed E-state index contributed by atoms with van der Waals surface area (Å²) in [7, 11) is 0. The molecule has 1 unspecified atom stereocenters. The van der Waals surface area contributed by atoms with Crippen LogP contribution < -0.4 is 16.8 Å². The zero-order chi connectivity index (χ0) is 10.4. The summed E-state index contributed by atoms with van der Waals surface area (Å²) in [4.78, 5) is 21.2. The van der Waals surface area contributed by atoms with Crippen molar-refractivity contribution >= 4 is 11.8 Å². The summed E-state index contributed by atoms with van der Waals surface area (Å²) >= 11 is 0. The van der Waals surface area contributed by atoms with E-state index in [9.17, 15) is 9.59 Å². The molecule has 13 heavy (non-hydrogen) atoms. The lowest BCUT2D eigenvalue weighted by atomic mass is 10.0. The molecule has 0 aromatic rings. The largest absolute Gasteiger partial charge is 0.370 e. The van der Waals surface area contributed by atoms with Gasteiger partial charge in [0.2, 0.25) is 11.8 Å². The van der Waals surface area contributed by atoms with Gasteiger partial charge >= 0.3 is 0 Å². The highest BCUT2D eigenvalue weighted by Crippen LogP contribution is 2.00. The molecule has 0 aromatic carbocycles. The average Bonchev–Trinajstić information content (AvgIpc) is 1.95. The molecule has 5 nitrogen and oxygen atoms in total. The Morgan fingerprint density at radius 2 is 1.85 bits per heavy atom. The highest BCUT2D eigenvalue weighted by atomic mass is 16.1. The number of nitrogens with one attached hydrogen (secondary N) is 1. The number of hydrogen-bond acceptors (Lipinski definition) is 3. The number of hydrogen-bond donors (Lipinski definition) is 3. The smallest absolute Gasteiger partial charge is 0.234 e. The molecule has 2 amide bonds. The van der Waals surface area contributed by atoms with Gasteiger partial charge in [-0.1, -0.05) is 13.8 Å². The third-order valence-corrected chi connectivity index (χ3v) is 1.71. The minimum Gasteiger partial charge on any atom is -0.370 e. The molecule has 0 saturated heterocycles. The molecule has 0 bridgehead atoms. The van der Waals surface area contributed by atoms with Crippen molar-refractivity contribution in [2.24, 2.45) is 17.4 Å². The van der Waals surface area contributed by atoms with Gasteiger partial charge in [-0.05, 0) is 5.92 Å². The standard InChI is InChI=1S/C8H17N3O2/c1-5(2)7(8(10)13)11-4-3-6(9)12/h5,7,11H,3-4H2,1-2H3,(H2,9,12)(H2,10,13). The summed E-state index contributed by atoms with van der Waals surface area (Å²) in [6, 6.07) is -0.389. The first kappa shape index (κ1) is 11.9. The van der Waals surface area contributed by atoms with Gasteiger partial charge in [-0.15, -0.1) is 0 Å². The number of carbonyl (C=O) groups is 2. The Kier molecular flexibility index (Phi) is 5.06. The van der Waals surface area contributed by atoms with Crippen molar-refractivity contribution in [2.75, 3.05) is 6.54 Å². The highest BCUT2D eigenvalue weighted by molar-refractivity contribution is 5.80. The van der Waals surface area contributed by atoms with E-state index in [1.165, 1.54) is 0 Å². The Balaban J connectivity index is 3.84.